The highest BCUT2D eigenvalue weighted by molar-refractivity contribution is 5.95. The normalized spacial score (nSPS) is 17.8. The zero-order chi connectivity index (χ0) is 27.0. The molecule has 1 aromatic rings. The summed E-state index contributed by atoms with van der Waals surface area (Å²) in [6.07, 6.45) is 0.688. The SMILES string of the molecule is CC(C)CC(N)C(=O)NC(Cc1ccc(O)cc1)C(=O)N1CCCC1C(=O)NC(CC(N)=O)C(=O)O. The van der Waals surface area contributed by atoms with E-state index in [0.29, 0.717) is 18.4 Å². The highest BCUT2D eigenvalue weighted by atomic mass is 16.4. The lowest BCUT2D eigenvalue weighted by Gasteiger charge is -2.30. The summed E-state index contributed by atoms with van der Waals surface area (Å²) >= 11 is 0. The van der Waals surface area contributed by atoms with Crippen molar-refractivity contribution in [3.05, 3.63) is 29.8 Å². The summed E-state index contributed by atoms with van der Waals surface area (Å²) in [4.78, 5) is 63.1. The van der Waals surface area contributed by atoms with Crippen LogP contribution in [-0.4, -0.2) is 75.4 Å². The molecule has 4 amide bonds. The molecule has 1 fully saturated rings. The first-order valence-electron chi connectivity index (χ1n) is 11.8. The van der Waals surface area contributed by atoms with Gasteiger partial charge in [0.05, 0.1) is 12.5 Å². The molecule has 4 atom stereocenters. The number of carbonyl (C=O) groups is 5. The molecule has 198 valence electrons. The molecule has 0 aromatic heterocycles. The first-order chi connectivity index (χ1) is 16.9. The predicted octanol–water partition coefficient (Wildman–Crippen LogP) is -0.771. The van der Waals surface area contributed by atoms with Gasteiger partial charge in [-0.05, 0) is 42.9 Å². The van der Waals surface area contributed by atoms with E-state index in [1.54, 1.807) is 12.1 Å². The maximum atomic E-state index is 13.6. The van der Waals surface area contributed by atoms with Crippen LogP contribution in [0, 0.1) is 5.92 Å². The number of hydrogen-bond donors (Lipinski definition) is 6. The summed E-state index contributed by atoms with van der Waals surface area (Å²) in [6.45, 7) is 4.06. The van der Waals surface area contributed by atoms with Gasteiger partial charge in [-0.1, -0.05) is 26.0 Å². The Balaban J connectivity index is 2.23. The fraction of sp³-hybridized carbons (Fsp3) is 0.542. The number of nitrogens with one attached hydrogen (secondary N) is 2. The molecule has 12 heteroatoms. The summed E-state index contributed by atoms with van der Waals surface area (Å²) in [5.74, 6) is -3.86. The Morgan fingerprint density at radius 1 is 1.08 bits per heavy atom. The number of likely N-dealkylation sites (tertiary alicyclic amines) is 1. The number of carbonyl (C=O) groups excluding carboxylic acids is 4. The third-order valence-electron chi connectivity index (χ3n) is 5.91. The second-order valence-corrected chi connectivity index (χ2v) is 9.43. The van der Waals surface area contributed by atoms with Gasteiger partial charge >= 0.3 is 5.97 Å². The van der Waals surface area contributed by atoms with E-state index in [4.69, 9.17) is 11.5 Å². The zero-order valence-corrected chi connectivity index (χ0v) is 20.5. The molecule has 1 aliphatic rings. The minimum Gasteiger partial charge on any atom is -0.508 e. The zero-order valence-electron chi connectivity index (χ0n) is 20.5. The number of carboxylic acids is 1. The second-order valence-electron chi connectivity index (χ2n) is 9.43. The summed E-state index contributed by atoms with van der Waals surface area (Å²) in [6, 6.07) is 1.78. The van der Waals surface area contributed by atoms with Gasteiger partial charge in [-0.2, -0.15) is 0 Å². The Labute approximate surface area is 209 Å². The van der Waals surface area contributed by atoms with Gasteiger partial charge in [0.25, 0.3) is 0 Å². The molecule has 1 aromatic carbocycles. The van der Waals surface area contributed by atoms with Crippen molar-refractivity contribution in [1.82, 2.24) is 15.5 Å². The fourth-order valence-corrected chi connectivity index (χ4v) is 4.13. The molecule has 0 aliphatic carbocycles. The monoisotopic (exact) mass is 505 g/mol. The Hall–Kier alpha value is -3.67. The number of benzene rings is 1. The van der Waals surface area contributed by atoms with E-state index in [-0.39, 0.29) is 31.1 Å². The van der Waals surface area contributed by atoms with Crippen LogP contribution in [0.5, 0.6) is 5.75 Å². The third-order valence-corrected chi connectivity index (χ3v) is 5.91. The fourth-order valence-electron chi connectivity index (χ4n) is 4.13. The van der Waals surface area contributed by atoms with Crippen molar-refractivity contribution in [3.63, 3.8) is 0 Å². The molecular formula is C24H35N5O7. The van der Waals surface area contributed by atoms with Crippen LogP contribution in [0.1, 0.15) is 45.1 Å². The standard InChI is InChI=1S/C24H35N5O7/c1-13(2)10-16(25)21(32)27-17(11-14-5-7-15(30)8-6-14)23(34)29-9-3-4-19(29)22(33)28-18(24(35)36)12-20(26)31/h5-8,13,16-19,30H,3-4,9-12,25H2,1-2H3,(H2,26,31)(H,27,32)(H,28,33)(H,35,36). The molecule has 1 aliphatic heterocycles. The van der Waals surface area contributed by atoms with Crippen LogP contribution in [0.15, 0.2) is 24.3 Å². The number of phenols is 1. The number of rotatable bonds is 12. The van der Waals surface area contributed by atoms with Gasteiger partial charge in [-0.25, -0.2) is 4.79 Å². The number of aromatic hydroxyl groups is 1. The molecule has 0 saturated carbocycles. The van der Waals surface area contributed by atoms with E-state index in [9.17, 15) is 34.2 Å². The third kappa shape index (κ3) is 8.22. The number of hydrogen-bond acceptors (Lipinski definition) is 7. The van der Waals surface area contributed by atoms with E-state index in [1.807, 2.05) is 13.8 Å². The minimum absolute atomic E-state index is 0.0461. The van der Waals surface area contributed by atoms with E-state index >= 15 is 0 Å². The molecule has 0 spiro atoms. The van der Waals surface area contributed by atoms with Crippen molar-refractivity contribution >= 4 is 29.6 Å². The van der Waals surface area contributed by atoms with E-state index < -0.39 is 60.2 Å². The van der Waals surface area contributed by atoms with Crippen LogP contribution in [-0.2, 0) is 30.4 Å². The molecule has 12 nitrogen and oxygen atoms in total. The molecule has 0 radical (unpaired) electrons. The highest BCUT2D eigenvalue weighted by Crippen LogP contribution is 2.21. The molecular weight excluding hydrogens is 470 g/mol. The summed E-state index contributed by atoms with van der Waals surface area (Å²) in [7, 11) is 0. The lowest BCUT2D eigenvalue weighted by atomic mass is 10.0. The molecule has 1 heterocycles. The van der Waals surface area contributed by atoms with Gasteiger partial charge in [-0.15, -0.1) is 0 Å². The minimum atomic E-state index is -1.52. The smallest absolute Gasteiger partial charge is 0.326 e. The number of phenolic OH excluding ortho intramolecular Hbond substituents is 1. The van der Waals surface area contributed by atoms with Crippen molar-refractivity contribution in [3.8, 4) is 5.75 Å². The van der Waals surface area contributed by atoms with Crippen molar-refractivity contribution in [2.75, 3.05) is 6.54 Å². The van der Waals surface area contributed by atoms with Crippen molar-refractivity contribution in [2.24, 2.45) is 17.4 Å². The molecule has 1 saturated heterocycles. The number of aliphatic carboxylic acids is 1. The highest BCUT2D eigenvalue weighted by Gasteiger charge is 2.39. The lowest BCUT2D eigenvalue weighted by molar-refractivity contribution is -0.145. The van der Waals surface area contributed by atoms with Crippen LogP contribution < -0.4 is 22.1 Å². The molecule has 8 N–H and O–H groups in total. The number of amides is 4. The first kappa shape index (κ1) is 28.6. The average molecular weight is 506 g/mol. The number of nitrogens with two attached hydrogens (primary N) is 2. The van der Waals surface area contributed by atoms with Crippen molar-refractivity contribution < 1.29 is 34.2 Å². The van der Waals surface area contributed by atoms with Gasteiger partial charge in [0.2, 0.25) is 23.6 Å². The maximum absolute atomic E-state index is 13.6. The van der Waals surface area contributed by atoms with Crippen molar-refractivity contribution in [1.29, 1.82) is 0 Å². The molecule has 0 bridgehead atoms. The van der Waals surface area contributed by atoms with Gasteiger partial charge in [0, 0.05) is 13.0 Å². The van der Waals surface area contributed by atoms with E-state index in [0.717, 1.165) is 0 Å². The molecule has 2 rings (SSSR count). The van der Waals surface area contributed by atoms with Gasteiger partial charge in [0.15, 0.2) is 0 Å². The maximum Gasteiger partial charge on any atom is 0.326 e. The number of nitrogens with zero attached hydrogens (tertiary/aromatic N) is 1. The van der Waals surface area contributed by atoms with Crippen LogP contribution in [0.25, 0.3) is 0 Å². The Kier molecular flexibility index (Phi) is 10.2. The molecule has 4 unspecified atom stereocenters. The summed E-state index contributed by atoms with van der Waals surface area (Å²) in [5.41, 5.74) is 11.7. The lowest BCUT2D eigenvalue weighted by Crippen LogP contribution is -2.57. The van der Waals surface area contributed by atoms with Gasteiger partial charge in [-0.3, -0.25) is 19.2 Å². The van der Waals surface area contributed by atoms with Gasteiger partial charge in [0.1, 0.15) is 23.9 Å². The summed E-state index contributed by atoms with van der Waals surface area (Å²) in [5, 5.41) is 23.8. The van der Waals surface area contributed by atoms with E-state index in [1.165, 1.54) is 17.0 Å². The van der Waals surface area contributed by atoms with Crippen molar-refractivity contribution in [2.45, 2.75) is 70.1 Å². The Morgan fingerprint density at radius 3 is 2.28 bits per heavy atom. The Morgan fingerprint density at radius 2 is 1.72 bits per heavy atom. The quantitative estimate of drug-likeness (QED) is 0.212. The van der Waals surface area contributed by atoms with Crippen LogP contribution in [0.4, 0.5) is 0 Å². The largest absolute Gasteiger partial charge is 0.508 e. The van der Waals surface area contributed by atoms with E-state index in [2.05, 4.69) is 10.6 Å². The Bertz CT molecular complexity index is 966. The topological polar surface area (TPSA) is 205 Å². The van der Waals surface area contributed by atoms with Gasteiger partial charge < -0.3 is 37.2 Å². The molecule has 36 heavy (non-hydrogen) atoms. The van der Waals surface area contributed by atoms with Crippen LogP contribution in [0.3, 0.4) is 0 Å². The number of carboxylic acid groups (broad SMARTS) is 1. The first-order valence-corrected chi connectivity index (χ1v) is 11.8. The van der Waals surface area contributed by atoms with Crippen LogP contribution >= 0.6 is 0 Å². The average Bonchev–Trinajstić information content (AvgIpc) is 3.28. The van der Waals surface area contributed by atoms with Crippen LogP contribution in [0.2, 0.25) is 0 Å². The second kappa shape index (κ2) is 12.9. The summed E-state index contributed by atoms with van der Waals surface area (Å²) < 4.78 is 0. The number of primary amides is 1. The predicted molar refractivity (Wildman–Crippen MR) is 129 cm³/mol.